The molecule has 2 aromatic heterocycles. The maximum absolute atomic E-state index is 10.9. The molecule has 0 radical (unpaired) electrons. The van der Waals surface area contributed by atoms with Crippen molar-refractivity contribution in [2.75, 3.05) is 0 Å². The first-order valence-corrected chi connectivity index (χ1v) is 4.24. The van der Waals surface area contributed by atoms with Crippen LogP contribution in [0.1, 0.15) is 10.5 Å². The zero-order chi connectivity index (χ0) is 10.7. The molecule has 0 aromatic carbocycles. The summed E-state index contributed by atoms with van der Waals surface area (Å²) in [4.78, 5) is 22.5. The van der Waals surface area contributed by atoms with Gasteiger partial charge in [-0.3, -0.25) is 9.97 Å². The maximum atomic E-state index is 10.9. The monoisotopic (exact) mass is 201 g/mol. The highest BCUT2D eigenvalue weighted by Gasteiger charge is 2.13. The van der Waals surface area contributed by atoms with E-state index in [1.165, 1.54) is 12.4 Å². The fourth-order valence-electron chi connectivity index (χ4n) is 1.22. The number of aromatic nitrogens is 3. The summed E-state index contributed by atoms with van der Waals surface area (Å²) < 4.78 is 0. The number of hydrogen-bond acceptors (Lipinski definition) is 4. The number of pyridine rings is 1. The molecule has 5 heteroatoms. The Morgan fingerprint density at radius 3 is 2.40 bits per heavy atom. The van der Waals surface area contributed by atoms with Gasteiger partial charge in [-0.1, -0.05) is 0 Å². The zero-order valence-corrected chi connectivity index (χ0v) is 7.66. The number of carboxylic acid groups (broad SMARTS) is 1. The summed E-state index contributed by atoms with van der Waals surface area (Å²) in [6.45, 7) is 0. The number of carbonyl (C=O) groups is 1. The van der Waals surface area contributed by atoms with E-state index in [-0.39, 0.29) is 5.69 Å². The van der Waals surface area contributed by atoms with Crippen LogP contribution in [0.15, 0.2) is 36.9 Å². The van der Waals surface area contributed by atoms with Crippen LogP contribution in [-0.4, -0.2) is 26.0 Å². The lowest BCUT2D eigenvalue weighted by Gasteiger charge is -2.02. The maximum Gasteiger partial charge on any atom is 0.356 e. The van der Waals surface area contributed by atoms with E-state index in [1.54, 1.807) is 24.5 Å². The van der Waals surface area contributed by atoms with Crippen molar-refractivity contribution in [3.63, 3.8) is 0 Å². The Balaban J connectivity index is 2.58. The topological polar surface area (TPSA) is 76.0 Å². The van der Waals surface area contributed by atoms with Crippen molar-refractivity contribution in [2.24, 2.45) is 0 Å². The number of rotatable bonds is 2. The van der Waals surface area contributed by atoms with Gasteiger partial charge in [-0.05, 0) is 12.1 Å². The molecule has 0 atom stereocenters. The van der Waals surface area contributed by atoms with Crippen LogP contribution in [0.2, 0.25) is 0 Å². The van der Waals surface area contributed by atoms with E-state index < -0.39 is 5.97 Å². The fraction of sp³-hybridized carbons (Fsp3) is 0. The highest BCUT2D eigenvalue weighted by Crippen LogP contribution is 2.17. The van der Waals surface area contributed by atoms with Gasteiger partial charge in [0.25, 0.3) is 0 Å². The predicted molar refractivity (Wildman–Crippen MR) is 52.2 cm³/mol. The second-order valence-electron chi connectivity index (χ2n) is 2.79. The number of carboxylic acids is 1. The normalized spacial score (nSPS) is 9.87. The van der Waals surface area contributed by atoms with Gasteiger partial charge in [-0.15, -0.1) is 0 Å². The lowest BCUT2D eigenvalue weighted by molar-refractivity contribution is 0.0691. The Morgan fingerprint density at radius 2 is 1.73 bits per heavy atom. The van der Waals surface area contributed by atoms with E-state index in [4.69, 9.17) is 5.11 Å². The van der Waals surface area contributed by atoms with E-state index in [9.17, 15) is 4.79 Å². The Hall–Kier alpha value is -2.30. The van der Waals surface area contributed by atoms with Crippen LogP contribution >= 0.6 is 0 Å². The SMILES string of the molecule is O=C(O)c1nccnc1-c1ccncc1. The summed E-state index contributed by atoms with van der Waals surface area (Å²) >= 11 is 0. The van der Waals surface area contributed by atoms with Gasteiger partial charge >= 0.3 is 5.97 Å². The molecule has 5 nitrogen and oxygen atoms in total. The molecule has 0 spiro atoms. The smallest absolute Gasteiger partial charge is 0.356 e. The number of hydrogen-bond donors (Lipinski definition) is 1. The first kappa shape index (κ1) is 9.26. The van der Waals surface area contributed by atoms with Crippen molar-refractivity contribution in [2.45, 2.75) is 0 Å². The average Bonchev–Trinajstić information content (AvgIpc) is 2.30. The zero-order valence-electron chi connectivity index (χ0n) is 7.66. The molecule has 15 heavy (non-hydrogen) atoms. The molecule has 0 amide bonds. The van der Waals surface area contributed by atoms with E-state index >= 15 is 0 Å². The van der Waals surface area contributed by atoms with Crippen LogP contribution in [0.5, 0.6) is 0 Å². The van der Waals surface area contributed by atoms with Crippen LogP contribution in [-0.2, 0) is 0 Å². The first-order chi connectivity index (χ1) is 7.29. The van der Waals surface area contributed by atoms with Crippen molar-refractivity contribution < 1.29 is 9.90 Å². The average molecular weight is 201 g/mol. The Morgan fingerprint density at radius 1 is 1.07 bits per heavy atom. The minimum absolute atomic E-state index is 0.0521. The molecular formula is C10H7N3O2. The van der Waals surface area contributed by atoms with Crippen molar-refractivity contribution in [1.82, 2.24) is 15.0 Å². The molecule has 0 bridgehead atoms. The van der Waals surface area contributed by atoms with E-state index in [1.807, 2.05) is 0 Å². The molecule has 0 saturated carbocycles. The molecule has 74 valence electrons. The fourth-order valence-corrected chi connectivity index (χ4v) is 1.22. The molecular weight excluding hydrogens is 194 g/mol. The predicted octanol–water partition coefficient (Wildman–Crippen LogP) is 1.24. The second kappa shape index (κ2) is 3.83. The van der Waals surface area contributed by atoms with Gasteiger partial charge in [-0.2, -0.15) is 0 Å². The van der Waals surface area contributed by atoms with Crippen LogP contribution in [0.25, 0.3) is 11.3 Å². The van der Waals surface area contributed by atoms with Gasteiger partial charge in [0, 0.05) is 30.4 Å². The van der Waals surface area contributed by atoms with Crippen molar-refractivity contribution in [3.8, 4) is 11.3 Å². The molecule has 0 fully saturated rings. The third kappa shape index (κ3) is 1.80. The standard InChI is InChI=1S/C10H7N3O2/c14-10(15)9-8(12-5-6-13-9)7-1-3-11-4-2-7/h1-6H,(H,14,15). The molecule has 0 unspecified atom stereocenters. The van der Waals surface area contributed by atoms with Gasteiger partial charge in [0.2, 0.25) is 0 Å². The minimum Gasteiger partial charge on any atom is -0.476 e. The third-order valence-electron chi connectivity index (χ3n) is 1.85. The summed E-state index contributed by atoms with van der Waals surface area (Å²) in [6.07, 6.45) is 5.97. The van der Waals surface area contributed by atoms with Gasteiger partial charge < -0.3 is 5.11 Å². The van der Waals surface area contributed by atoms with Crippen molar-refractivity contribution in [3.05, 3.63) is 42.6 Å². The highest BCUT2D eigenvalue weighted by molar-refractivity contribution is 5.92. The molecule has 0 aliphatic carbocycles. The summed E-state index contributed by atoms with van der Waals surface area (Å²) in [5.41, 5.74) is 0.992. The minimum atomic E-state index is -1.09. The molecule has 0 aliphatic heterocycles. The lowest BCUT2D eigenvalue weighted by atomic mass is 10.1. The molecule has 2 aromatic rings. The summed E-state index contributed by atoms with van der Waals surface area (Å²) in [5, 5.41) is 8.91. The van der Waals surface area contributed by atoms with Gasteiger partial charge in [0.05, 0.1) is 0 Å². The van der Waals surface area contributed by atoms with Crippen molar-refractivity contribution in [1.29, 1.82) is 0 Å². The second-order valence-corrected chi connectivity index (χ2v) is 2.79. The highest BCUT2D eigenvalue weighted by atomic mass is 16.4. The summed E-state index contributed by atoms with van der Waals surface area (Å²) in [5.74, 6) is -1.09. The van der Waals surface area contributed by atoms with Crippen molar-refractivity contribution >= 4 is 5.97 Å². The van der Waals surface area contributed by atoms with Gasteiger partial charge in [-0.25, -0.2) is 9.78 Å². The van der Waals surface area contributed by atoms with E-state index in [0.717, 1.165) is 0 Å². The Bertz CT molecular complexity index is 485. The van der Waals surface area contributed by atoms with Gasteiger partial charge in [0.1, 0.15) is 5.69 Å². The van der Waals surface area contributed by atoms with Crippen LogP contribution < -0.4 is 0 Å². The molecule has 1 N–H and O–H groups in total. The number of nitrogens with zero attached hydrogens (tertiary/aromatic N) is 3. The molecule has 0 aliphatic rings. The van der Waals surface area contributed by atoms with Gasteiger partial charge in [0.15, 0.2) is 5.69 Å². The number of aromatic carboxylic acids is 1. The quantitative estimate of drug-likeness (QED) is 0.790. The lowest BCUT2D eigenvalue weighted by Crippen LogP contribution is -2.04. The Kier molecular flexibility index (Phi) is 2.37. The Labute approximate surface area is 85.5 Å². The third-order valence-corrected chi connectivity index (χ3v) is 1.85. The first-order valence-electron chi connectivity index (χ1n) is 4.24. The van der Waals surface area contributed by atoms with E-state index in [2.05, 4.69) is 15.0 Å². The van der Waals surface area contributed by atoms with E-state index in [0.29, 0.717) is 11.3 Å². The largest absolute Gasteiger partial charge is 0.476 e. The van der Waals surface area contributed by atoms with Crippen LogP contribution in [0.4, 0.5) is 0 Å². The van der Waals surface area contributed by atoms with Crippen LogP contribution in [0, 0.1) is 0 Å². The summed E-state index contributed by atoms with van der Waals surface area (Å²) in [6, 6.07) is 3.38. The molecule has 2 rings (SSSR count). The summed E-state index contributed by atoms with van der Waals surface area (Å²) in [7, 11) is 0. The van der Waals surface area contributed by atoms with Crippen LogP contribution in [0.3, 0.4) is 0 Å². The molecule has 2 heterocycles. The molecule has 0 saturated heterocycles.